The second-order valence-electron chi connectivity index (χ2n) is 8.14. The molecule has 1 fully saturated rings. The average Bonchev–Trinajstić information content (AvgIpc) is 3.50. The molecule has 34 heavy (non-hydrogen) atoms. The summed E-state index contributed by atoms with van der Waals surface area (Å²) in [5, 5.41) is 3.44. The van der Waals surface area contributed by atoms with Gasteiger partial charge >= 0.3 is 0 Å². The van der Waals surface area contributed by atoms with Crippen molar-refractivity contribution in [2.75, 3.05) is 11.4 Å². The highest BCUT2D eigenvalue weighted by molar-refractivity contribution is 7.18. The summed E-state index contributed by atoms with van der Waals surface area (Å²) in [5.41, 5.74) is 2.41. The summed E-state index contributed by atoms with van der Waals surface area (Å²) < 4.78 is 1.15. The van der Waals surface area contributed by atoms with Crippen LogP contribution in [0.3, 0.4) is 0 Å². The zero-order valence-corrected chi connectivity index (χ0v) is 20.4. The summed E-state index contributed by atoms with van der Waals surface area (Å²) in [6.07, 6.45) is 6.32. The molecule has 2 aromatic heterocycles. The van der Waals surface area contributed by atoms with E-state index in [9.17, 15) is 9.59 Å². The number of carbonyl (C=O) groups excluding carboxylic acids is 2. The number of thiazole rings is 2. The molecule has 2 amide bonds. The third-order valence-corrected chi connectivity index (χ3v) is 7.79. The van der Waals surface area contributed by atoms with Crippen molar-refractivity contribution in [2.24, 2.45) is 0 Å². The van der Waals surface area contributed by atoms with Gasteiger partial charge in [0.15, 0.2) is 5.13 Å². The molecule has 0 bridgehead atoms. The van der Waals surface area contributed by atoms with Crippen molar-refractivity contribution >= 4 is 61.6 Å². The fraction of sp³-hybridized carbons (Fsp3) is 0.231. The van der Waals surface area contributed by atoms with Crippen LogP contribution in [0.15, 0.2) is 66.1 Å². The molecule has 0 aliphatic carbocycles. The Morgan fingerprint density at radius 3 is 2.65 bits per heavy atom. The number of carbonyl (C=O) groups is 2. The summed E-state index contributed by atoms with van der Waals surface area (Å²) in [4.78, 5) is 38.3. The van der Waals surface area contributed by atoms with Gasteiger partial charge in [0, 0.05) is 24.9 Å². The summed E-state index contributed by atoms with van der Waals surface area (Å²) in [6.45, 7) is 2.24. The van der Waals surface area contributed by atoms with Gasteiger partial charge in [-0.05, 0) is 49.6 Å². The maximum absolute atomic E-state index is 13.2. The summed E-state index contributed by atoms with van der Waals surface area (Å²) in [6, 6.07) is 17.5. The third kappa shape index (κ3) is 4.64. The normalized spacial score (nSPS) is 16.3. The molecule has 1 aliphatic heterocycles. The van der Waals surface area contributed by atoms with Gasteiger partial charge in [0.05, 0.1) is 27.6 Å². The number of likely N-dealkylation sites (tertiary alicyclic amines) is 1. The van der Waals surface area contributed by atoms with Gasteiger partial charge < -0.3 is 4.90 Å². The Bertz CT molecular complexity index is 1310. The monoisotopic (exact) mass is 488 g/mol. The molecule has 6 nitrogen and oxygen atoms in total. The molecule has 8 heteroatoms. The lowest BCUT2D eigenvalue weighted by Crippen LogP contribution is -2.37. The van der Waals surface area contributed by atoms with Gasteiger partial charge in [0.2, 0.25) is 11.8 Å². The molecule has 0 radical (unpaired) electrons. The second kappa shape index (κ2) is 9.87. The number of hydrogen-bond acceptors (Lipinski definition) is 6. The summed E-state index contributed by atoms with van der Waals surface area (Å²) >= 11 is 3.05. The number of anilines is 2. The number of amides is 2. The van der Waals surface area contributed by atoms with Crippen LogP contribution in [0.2, 0.25) is 0 Å². The van der Waals surface area contributed by atoms with Crippen molar-refractivity contribution in [3.05, 3.63) is 76.8 Å². The molecule has 4 aromatic rings. The standard InChI is InChI=1S/C26H24N4O2S2/c1-18(31)30(20-9-3-2-4-10-20)26-27-19(17-33-26)14-15-24(32)29-16-8-7-12-22(29)25-28-21-11-5-6-13-23(21)34-25/h2-6,9-11,13-15,17,22H,7-8,12,16H2,1H3/b15-14+. The molecule has 0 spiro atoms. The predicted molar refractivity (Wildman–Crippen MR) is 138 cm³/mol. The first kappa shape index (κ1) is 22.4. The highest BCUT2D eigenvalue weighted by Gasteiger charge is 2.29. The molecule has 3 heterocycles. The van der Waals surface area contributed by atoms with E-state index in [1.54, 1.807) is 28.4 Å². The Labute approximate surface area is 206 Å². The van der Waals surface area contributed by atoms with E-state index in [1.165, 1.54) is 18.3 Å². The summed E-state index contributed by atoms with van der Waals surface area (Å²) in [5.74, 6) is -0.149. The molecule has 5 rings (SSSR count). The Hall–Kier alpha value is -3.36. The van der Waals surface area contributed by atoms with Gasteiger partial charge in [-0.2, -0.15) is 0 Å². The number of fused-ring (bicyclic) bond motifs is 1. The number of hydrogen-bond donors (Lipinski definition) is 0. The molecular formula is C26H24N4O2S2. The lowest BCUT2D eigenvalue weighted by molar-refractivity contribution is -0.129. The van der Waals surface area contributed by atoms with E-state index in [0.29, 0.717) is 10.8 Å². The minimum Gasteiger partial charge on any atom is -0.330 e. The van der Waals surface area contributed by atoms with Crippen LogP contribution < -0.4 is 4.90 Å². The Kier molecular flexibility index (Phi) is 6.51. The van der Waals surface area contributed by atoms with Crippen LogP contribution >= 0.6 is 22.7 Å². The highest BCUT2D eigenvalue weighted by atomic mass is 32.1. The molecule has 1 atom stereocenters. The molecule has 0 N–H and O–H groups in total. The molecule has 2 aromatic carbocycles. The number of para-hydroxylation sites is 2. The van der Waals surface area contributed by atoms with Gasteiger partial charge in [0.1, 0.15) is 5.01 Å². The highest BCUT2D eigenvalue weighted by Crippen LogP contribution is 2.36. The third-order valence-electron chi connectivity index (χ3n) is 5.81. The summed E-state index contributed by atoms with van der Waals surface area (Å²) in [7, 11) is 0. The zero-order valence-electron chi connectivity index (χ0n) is 18.8. The minimum atomic E-state index is -0.112. The zero-order chi connectivity index (χ0) is 23.5. The van der Waals surface area contributed by atoms with Gasteiger partial charge in [0.25, 0.3) is 0 Å². The lowest BCUT2D eigenvalue weighted by atomic mass is 10.0. The van der Waals surface area contributed by atoms with Gasteiger partial charge in [-0.15, -0.1) is 22.7 Å². The van der Waals surface area contributed by atoms with Gasteiger partial charge in [-0.1, -0.05) is 30.3 Å². The first-order chi connectivity index (χ1) is 16.6. The van der Waals surface area contributed by atoms with Crippen LogP contribution in [0.5, 0.6) is 0 Å². The SMILES string of the molecule is CC(=O)N(c1ccccc1)c1nc(/C=C/C(=O)N2CCCCC2c2nc3ccccc3s2)cs1. The number of nitrogens with zero attached hydrogens (tertiary/aromatic N) is 4. The van der Waals surface area contributed by atoms with E-state index in [4.69, 9.17) is 4.98 Å². The molecule has 1 unspecified atom stereocenters. The fourth-order valence-electron chi connectivity index (χ4n) is 4.20. The maximum atomic E-state index is 13.2. The van der Waals surface area contributed by atoms with Gasteiger partial charge in [-0.25, -0.2) is 9.97 Å². The van der Waals surface area contributed by atoms with E-state index >= 15 is 0 Å². The largest absolute Gasteiger partial charge is 0.330 e. The average molecular weight is 489 g/mol. The lowest BCUT2D eigenvalue weighted by Gasteiger charge is -2.33. The maximum Gasteiger partial charge on any atom is 0.247 e. The van der Waals surface area contributed by atoms with Crippen molar-refractivity contribution in [1.29, 1.82) is 0 Å². The Balaban J connectivity index is 1.34. The van der Waals surface area contributed by atoms with Crippen LogP contribution in [-0.2, 0) is 9.59 Å². The predicted octanol–water partition coefficient (Wildman–Crippen LogP) is 6.20. The topological polar surface area (TPSA) is 66.4 Å². The molecule has 172 valence electrons. The van der Waals surface area contributed by atoms with E-state index in [1.807, 2.05) is 58.8 Å². The minimum absolute atomic E-state index is 0.000537. The first-order valence-electron chi connectivity index (χ1n) is 11.3. The van der Waals surface area contributed by atoms with Crippen molar-refractivity contribution < 1.29 is 9.59 Å². The van der Waals surface area contributed by atoms with Crippen molar-refractivity contribution in [3.63, 3.8) is 0 Å². The fourth-order valence-corrected chi connectivity index (χ4v) is 6.17. The quantitative estimate of drug-likeness (QED) is 0.314. The van der Waals surface area contributed by atoms with Crippen molar-refractivity contribution in [3.8, 4) is 0 Å². The number of rotatable bonds is 5. The first-order valence-corrected chi connectivity index (χ1v) is 13.0. The van der Waals surface area contributed by atoms with Crippen LogP contribution in [0.1, 0.15) is 42.9 Å². The van der Waals surface area contributed by atoms with Crippen molar-refractivity contribution in [2.45, 2.75) is 32.2 Å². The van der Waals surface area contributed by atoms with Crippen LogP contribution in [0.4, 0.5) is 10.8 Å². The van der Waals surface area contributed by atoms with Crippen LogP contribution in [0, 0.1) is 0 Å². The molecule has 1 aliphatic rings. The molecule has 1 saturated heterocycles. The Morgan fingerprint density at radius 2 is 1.85 bits per heavy atom. The van der Waals surface area contributed by atoms with Gasteiger partial charge in [-0.3, -0.25) is 14.5 Å². The second-order valence-corrected chi connectivity index (χ2v) is 10.0. The van der Waals surface area contributed by atoms with Crippen molar-refractivity contribution in [1.82, 2.24) is 14.9 Å². The van der Waals surface area contributed by atoms with Crippen LogP contribution in [0.25, 0.3) is 16.3 Å². The number of piperidine rings is 1. The Morgan fingerprint density at radius 1 is 1.06 bits per heavy atom. The number of benzene rings is 2. The number of aromatic nitrogens is 2. The van der Waals surface area contributed by atoms with E-state index in [0.717, 1.165) is 46.7 Å². The van der Waals surface area contributed by atoms with E-state index in [2.05, 4.69) is 11.1 Å². The van der Waals surface area contributed by atoms with E-state index < -0.39 is 0 Å². The molecule has 0 saturated carbocycles. The molecular weight excluding hydrogens is 464 g/mol. The van der Waals surface area contributed by atoms with Crippen LogP contribution in [-0.4, -0.2) is 33.2 Å². The smallest absolute Gasteiger partial charge is 0.247 e. The van der Waals surface area contributed by atoms with E-state index in [-0.39, 0.29) is 17.9 Å².